The van der Waals surface area contributed by atoms with E-state index in [2.05, 4.69) is 13.8 Å². The predicted molar refractivity (Wildman–Crippen MR) is 154 cm³/mol. The van der Waals surface area contributed by atoms with Gasteiger partial charge >= 0.3 is 11.9 Å². The van der Waals surface area contributed by atoms with Crippen molar-refractivity contribution in [3.8, 4) is 0 Å². The van der Waals surface area contributed by atoms with Gasteiger partial charge in [0.25, 0.3) is 0 Å². The number of ketones is 2. The lowest BCUT2D eigenvalue weighted by molar-refractivity contribution is 0.0489. The van der Waals surface area contributed by atoms with Crippen LogP contribution in [0.5, 0.6) is 0 Å². The molecule has 2 N–H and O–H groups in total. The Morgan fingerprint density at radius 1 is 0.750 bits per heavy atom. The number of esters is 2. The van der Waals surface area contributed by atoms with E-state index >= 15 is 0 Å². The third-order valence-corrected chi connectivity index (χ3v) is 7.71. The average Bonchev–Trinajstić information content (AvgIpc) is 2.97. The van der Waals surface area contributed by atoms with Crippen molar-refractivity contribution in [1.29, 1.82) is 0 Å². The van der Waals surface area contributed by atoms with Crippen LogP contribution in [0.3, 0.4) is 0 Å². The number of nitrogens with two attached hydrogens (primary N) is 1. The molecule has 3 aromatic rings. The summed E-state index contributed by atoms with van der Waals surface area (Å²) in [6.07, 6.45) is 5.39. The molecule has 40 heavy (non-hydrogen) atoms. The van der Waals surface area contributed by atoms with Crippen LogP contribution < -0.4 is 5.73 Å². The van der Waals surface area contributed by atoms with E-state index in [1.54, 1.807) is 48.5 Å². The molecule has 0 heterocycles. The first-order chi connectivity index (χ1) is 19.4. The summed E-state index contributed by atoms with van der Waals surface area (Å²) < 4.78 is 10.9. The van der Waals surface area contributed by atoms with E-state index in [-0.39, 0.29) is 45.9 Å². The number of carbonyl (C=O) groups is 4. The Bertz CT molecular complexity index is 1450. The molecule has 0 saturated heterocycles. The Morgan fingerprint density at radius 2 is 1.35 bits per heavy atom. The Kier molecular flexibility index (Phi) is 9.77. The van der Waals surface area contributed by atoms with Gasteiger partial charge in [0, 0.05) is 26.5 Å². The fraction of sp³-hybridized carbons (Fsp3) is 0.312. The minimum atomic E-state index is -0.651. The smallest absolute Gasteiger partial charge is 0.340 e. The molecule has 0 radical (unpaired) electrons. The standard InChI is InChI=1S/C32H33NO6S/c1-3-5-9-16-38-31(36)20-12-11-13-21(18-20)40-25-19-24(32(37)39-17-10-6-4-2)28(33)27-26(25)29(34)22-14-7-8-15-23(22)30(27)35/h7-8,11-15,18-19H,3-6,9-10,16-17,33H2,1-2H3. The predicted octanol–water partition coefficient (Wildman–Crippen LogP) is 6.89. The molecule has 0 unspecified atom stereocenters. The number of nitrogen functional groups attached to an aromatic ring is 1. The van der Waals surface area contributed by atoms with E-state index in [4.69, 9.17) is 15.2 Å². The number of anilines is 1. The van der Waals surface area contributed by atoms with E-state index in [1.807, 2.05) is 0 Å². The van der Waals surface area contributed by atoms with Crippen molar-refractivity contribution in [2.45, 2.75) is 62.2 Å². The van der Waals surface area contributed by atoms with Crippen molar-refractivity contribution in [3.63, 3.8) is 0 Å². The molecule has 8 heteroatoms. The molecule has 0 fully saturated rings. The van der Waals surface area contributed by atoms with Gasteiger partial charge in [-0.1, -0.05) is 81.6 Å². The number of carbonyl (C=O) groups excluding carboxylic acids is 4. The van der Waals surface area contributed by atoms with E-state index < -0.39 is 17.7 Å². The molecule has 1 aliphatic carbocycles. The molecule has 4 rings (SSSR count). The summed E-state index contributed by atoms with van der Waals surface area (Å²) in [6, 6.07) is 14.9. The number of hydrogen-bond donors (Lipinski definition) is 1. The minimum Gasteiger partial charge on any atom is -0.462 e. The molecular weight excluding hydrogens is 526 g/mol. The Hall–Kier alpha value is -3.91. The molecule has 3 aromatic carbocycles. The Morgan fingerprint density at radius 3 is 1.98 bits per heavy atom. The molecule has 0 saturated carbocycles. The second-order valence-electron chi connectivity index (χ2n) is 9.61. The molecule has 0 atom stereocenters. The van der Waals surface area contributed by atoms with Gasteiger partial charge in [0.15, 0.2) is 11.6 Å². The second kappa shape index (κ2) is 13.4. The lowest BCUT2D eigenvalue weighted by atomic mass is 9.82. The first kappa shape index (κ1) is 29.1. The van der Waals surface area contributed by atoms with E-state index in [0.29, 0.717) is 28.4 Å². The van der Waals surface area contributed by atoms with E-state index in [1.165, 1.54) is 17.8 Å². The summed E-state index contributed by atoms with van der Waals surface area (Å²) in [5, 5.41) is 0. The highest BCUT2D eigenvalue weighted by Gasteiger charge is 2.36. The topological polar surface area (TPSA) is 113 Å². The van der Waals surface area contributed by atoms with Crippen molar-refractivity contribution in [2.75, 3.05) is 18.9 Å². The van der Waals surface area contributed by atoms with Gasteiger partial charge in [0.05, 0.1) is 35.6 Å². The van der Waals surface area contributed by atoms with Gasteiger partial charge in [-0.3, -0.25) is 9.59 Å². The molecule has 0 aromatic heterocycles. The Labute approximate surface area is 238 Å². The number of hydrogen-bond acceptors (Lipinski definition) is 8. The number of benzene rings is 3. The van der Waals surface area contributed by atoms with Crippen molar-refractivity contribution in [3.05, 3.63) is 88.0 Å². The van der Waals surface area contributed by atoms with Gasteiger partial charge in [-0.2, -0.15) is 0 Å². The largest absolute Gasteiger partial charge is 0.462 e. The summed E-state index contributed by atoms with van der Waals surface area (Å²) in [5.41, 5.74) is 7.38. The van der Waals surface area contributed by atoms with Crippen LogP contribution in [-0.4, -0.2) is 36.7 Å². The first-order valence-electron chi connectivity index (χ1n) is 13.6. The van der Waals surface area contributed by atoms with Gasteiger partial charge in [-0.25, -0.2) is 9.59 Å². The van der Waals surface area contributed by atoms with Gasteiger partial charge in [-0.05, 0) is 37.1 Å². The van der Waals surface area contributed by atoms with Gasteiger partial charge in [-0.15, -0.1) is 0 Å². The molecule has 0 amide bonds. The molecule has 208 valence electrons. The maximum Gasteiger partial charge on any atom is 0.340 e. The summed E-state index contributed by atoms with van der Waals surface area (Å²) in [5.74, 6) is -1.86. The summed E-state index contributed by atoms with van der Waals surface area (Å²) in [6.45, 7) is 4.69. The summed E-state index contributed by atoms with van der Waals surface area (Å²) in [7, 11) is 0. The van der Waals surface area contributed by atoms with Crippen LogP contribution in [0.2, 0.25) is 0 Å². The number of unbranched alkanes of at least 4 members (excludes halogenated alkanes) is 4. The fourth-order valence-electron chi connectivity index (χ4n) is 4.54. The lowest BCUT2D eigenvalue weighted by Crippen LogP contribution is -2.25. The van der Waals surface area contributed by atoms with Crippen LogP contribution in [0.25, 0.3) is 0 Å². The van der Waals surface area contributed by atoms with Gasteiger partial charge in [0.1, 0.15) is 0 Å². The minimum absolute atomic E-state index is 0.000645. The zero-order valence-corrected chi connectivity index (χ0v) is 23.6. The number of rotatable bonds is 12. The third-order valence-electron chi connectivity index (χ3n) is 6.68. The van der Waals surface area contributed by atoms with Crippen LogP contribution in [0.1, 0.15) is 105 Å². The van der Waals surface area contributed by atoms with Crippen molar-refractivity contribution in [2.24, 2.45) is 0 Å². The normalized spacial score (nSPS) is 12.1. The van der Waals surface area contributed by atoms with Crippen molar-refractivity contribution >= 4 is 41.0 Å². The zero-order valence-electron chi connectivity index (χ0n) is 22.8. The maximum absolute atomic E-state index is 13.7. The highest BCUT2D eigenvalue weighted by Crippen LogP contribution is 2.41. The summed E-state index contributed by atoms with van der Waals surface area (Å²) in [4.78, 5) is 54.0. The molecular formula is C32H33NO6S. The van der Waals surface area contributed by atoms with E-state index in [0.717, 1.165) is 32.1 Å². The molecule has 0 bridgehead atoms. The van der Waals surface area contributed by atoms with Crippen LogP contribution in [-0.2, 0) is 9.47 Å². The number of fused-ring (bicyclic) bond motifs is 2. The maximum atomic E-state index is 13.7. The monoisotopic (exact) mass is 559 g/mol. The summed E-state index contributed by atoms with van der Waals surface area (Å²) >= 11 is 1.17. The third kappa shape index (κ3) is 6.28. The van der Waals surface area contributed by atoms with Crippen molar-refractivity contribution < 1.29 is 28.7 Å². The highest BCUT2D eigenvalue weighted by molar-refractivity contribution is 7.99. The second-order valence-corrected chi connectivity index (χ2v) is 10.7. The highest BCUT2D eigenvalue weighted by atomic mass is 32.2. The molecule has 7 nitrogen and oxygen atoms in total. The fourth-order valence-corrected chi connectivity index (χ4v) is 5.60. The lowest BCUT2D eigenvalue weighted by Gasteiger charge is -2.23. The van der Waals surface area contributed by atoms with Gasteiger partial charge < -0.3 is 15.2 Å². The Balaban J connectivity index is 1.73. The quantitative estimate of drug-likeness (QED) is 0.113. The number of ether oxygens (including phenoxy) is 2. The van der Waals surface area contributed by atoms with Crippen LogP contribution in [0.15, 0.2) is 64.4 Å². The first-order valence-corrected chi connectivity index (χ1v) is 14.5. The molecule has 0 spiro atoms. The van der Waals surface area contributed by atoms with Crippen LogP contribution in [0.4, 0.5) is 5.69 Å². The van der Waals surface area contributed by atoms with Crippen LogP contribution in [0, 0.1) is 0 Å². The van der Waals surface area contributed by atoms with Gasteiger partial charge in [0.2, 0.25) is 0 Å². The molecule has 0 aliphatic heterocycles. The zero-order chi connectivity index (χ0) is 28.6. The SMILES string of the molecule is CCCCCOC(=O)c1cccc(Sc2cc(C(=O)OCCCCC)c(N)c3c2C(=O)c2ccccc2C3=O)c1. The molecule has 1 aliphatic rings. The van der Waals surface area contributed by atoms with Crippen molar-refractivity contribution in [1.82, 2.24) is 0 Å². The van der Waals surface area contributed by atoms with Crippen LogP contribution >= 0.6 is 11.8 Å². The van der Waals surface area contributed by atoms with E-state index in [9.17, 15) is 19.2 Å². The average molecular weight is 560 g/mol.